The van der Waals surface area contributed by atoms with Gasteiger partial charge in [-0.15, -0.1) is 0 Å². The molecule has 2 aromatic rings. The third kappa shape index (κ3) is 6.03. The molecule has 0 aliphatic rings. The molecule has 1 unspecified atom stereocenters. The molecule has 0 spiro atoms. The number of benzene rings is 2. The van der Waals surface area contributed by atoms with Gasteiger partial charge >= 0.3 is 0 Å². The van der Waals surface area contributed by atoms with E-state index in [1.807, 2.05) is 74.5 Å². The van der Waals surface area contributed by atoms with Gasteiger partial charge in [0.1, 0.15) is 6.04 Å². The Kier molecular flexibility index (Phi) is 7.39. The molecule has 0 heterocycles. The van der Waals surface area contributed by atoms with Gasteiger partial charge in [-0.3, -0.25) is 9.59 Å². The van der Waals surface area contributed by atoms with Crippen LogP contribution in [0, 0.1) is 0 Å². The van der Waals surface area contributed by atoms with Crippen LogP contribution < -0.4 is 5.32 Å². The Hall–Kier alpha value is -2.62. The molecule has 26 heavy (non-hydrogen) atoms. The van der Waals surface area contributed by atoms with Crippen LogP contribution in [0.2, 0.25) is 0 Å². The first-order chi connectivity index (χ1) is 12.5. The molecule has 0 radical (unpaired) electrons. The van der Waals surface area contributed by atoms with Crippen LogP contribution >= 0.6 is 0 Å². The van der Waals surface area contributed by atoms with Gasteiger partial charge in [-0.1, -0.05) is 60.7 Å². The maximum Gasteiger partial charge on any atom is 0.242 e. The maximum absolute atomic E-state index is 12.9. The van der Waals surface area contributed by atoms with Crippen LogP contribution in [0.3, 0.4) is 0 Å². The zero-order valence-corrected chi connectivity index (χ0v) is 15.8. The van der Waals surface area contributed by atoms with Gasteiger partial charge < -0.3 is 10.2 Å². The van der Waals surface area contributed by atoms with Gasteiger partial charge in [0.05, 0.1) is 0 Å². The number of carbonyl (C=O) groups is 2. The molecule has 0 saturated heterocycles. The minimum atomic E-state index is -0.513. The second-order valence-corrected chi connectivity index (χ2v) is 6.83. The first kappa shape index (κ1) is 19.7. The Morgan fingerprint density at radius 3 is 1.96 bits per heavy atom. The lowest BCUT2D eigenvalue weighted by Crippen LogP contribution is -2.49. The van der Waals surface area contributed by atoms with Gasteiger partial charge in [-0.25, -0.2) is 0 Å². The van der Waals surface area contributed by atoms with Crippen molar-refractivity contribution in [3.05, 3.63) is 71.8 Å². The summed E-state index contributed by atoms with van der Waals surface area (Å²) in [6.45, 7) is 6.06. The van der Waals surface area contributed by atoms with E-state index in [-0.39, 0.29) is 17.9 Å². The van der Waals surface area contributed by atoms with Crippen LogP contribution in [0.15, 0.2) is 60.7 Å². The number of carbonyl (C=O) groups excluding carboxylic acids is 2. The summed E-state index contributed by atoms with van der Waals surface area (Å²) >= 11 is 0. The quantitative estimate of drug-likeness (QED) is 0.790. The summed E-state index contributed by atoms with van der Waals surface area (Å²) < 4.78 is 0. The van der Waals surface area contributed by atoms with Gasteiger partial charge in [0.25, 0.3) is 0 Å². The third-order valence-corrected chi connectivity index (χ3v) is 4.26. The summed E-state index contributed by atoms with van der Waals surface area (Å²) in [5.74, 6) is -0.131. The fraction of sp³-hybridized carbons (Fsp3) is 0.364. The van der Waals surface area contributed by atoms with Crippen molar-refractivity contribution in [2.45, 2.75) is 52.2 Å². The van der Waals surface area contributed by atoms with Crippen molar-refractivity contribution in [3.8, 4) is 0 Å². The average molecular weight is 352 g/mol. The normalized spacial score (nSPS) is 11.8. The summed E-state index contributed by atoms with van der Waals surface area (Å²) in [6, 6.07) is 19.3. The zero-order valence-electron chi connectivity index (χ0n) is 15.8. The molecule has 1 N–H and O–H groups in total. The molecule has 2 aromatic carbocycles. The van der Waals surface area contributed by atoms with Crippen LogP contribution in [-0.4, -0.2) is 28.8 Å². The molecule has 0 aromatic heterocycles. The summed E-state index contributed by atoms with van der Waals surface area (Å²) in [6.07, 6.45) is 1.06. The molecule has 2 amide bonds. The van der Waals surface area contributed by atoms with Crippen LogP contribution in [-0.2, 0) is 22.6 Å². The topological polar surface area (TPSA) is 49.4 Å². The van der Waals surface area contributed by atoms with E-state index < -0.39 is 6.04 Å². The molecule has 0 aliphatic carbocycles. The van der Waals surface area contributed by atoms with E-state index in [1.54, 1.807) is 11.8 Å². The van der Waals surface area contributed by atoms with Crippen molar-refractivity contribution in [1.29, 1.82) is 0 Å². The van der Waals surface area contributed by atoms with E-state index >= 15 is 0 Å². The fourth-order valence-electron chi connectivity index (χ4n) is 2.81. The average Bonchev–Trinajstić information content (AvgIpc) is 2.64. The van der Waals surface area contributed by atoms with E-state index in [9.17, 15) is 9.59 Å². The van der Waals surface area contributed by atoms with Crippen LogP contribution in [0.1, 0.15) is 38.3 Å². The van der Waals surface area contributed by atoms with Crippen LogP contribution in [0.5, 0.6) is 0 Å². The summed E-state index contributed by atoms with van der Waals surface area (Å²) in [5.41, 5.74) is 2.14. The lowest BCUT2D eigenvalue weighted by Gasteiger charge is -2.29. The number of nitrogens with zero attached hydrogens (tertiary/aromatic N) is 1. The lowest BCUT2D eigenvalue weighted by molar-refractivity contribution is -0.140. The van der Waals surface area contributed by atoms with Gasteiger partial charge in [0.15, 0.2) is 0 Å². The standard InChI is InChI=1S/C22H28N2O2/c1-17(2)23-22(26)18(3)24(16-20-12-8-5-9-13-20)21(25)15-14-19-10-6-4-7-11-19/h4-13,17-18H,14-16H2,1-3H3,(H,23,26). The maximum atomic E-state index is 12.9. The Morgan fingerprint density at radius 2 is 1.42 bits per heavy atom. The predicted molar refractivity (Wildman–Crippen MR) is 104 cm³/mol. The van der Waals surface area contributed by atoms with Crippen molar-refractivity contribution in [3.63, 3.8) is 0 Å². The first-order valence-corrected chi connectivity index (χ1v) is 9.15. The van der Waals surface area contributed by atoms with E-state index in [0.717, 1.165) is 11.1 Å². The second-order valence-electron chi connectivity index (χ2n) is 6.83. The van der Waals surface area contributed by atoms with Crippen molar-refractivity contribution in [2.24, 2.45) is 0 Å². The predicted octanol–water partition coefficient (Wildman–Crippen LogP) is 3.56. The molecule has 4 nitrogen and oxygen atoms in total. The highest BCUT2D eigenvalue weighted by Crippen LogP contribution is 2.13. The van der Waals surface area contributed by atoms with Crippen LogP contribution in [0.4, 0.5) is 0 Å². The molecule has 4 heteroatoms. The molecule has 0 aliphatic heterocycles. The SMILES string of the molecule is CC(C)NC(=O)C(C)N(Cc1ccccc1)C(=O)CCc1ccccc1. The van der Waals surface area contributed by atoms with E-state index in [2.05, 4.69) is 5.32 Å². The Balaban J connectivity index is 2.10. The smallest absolute Gasteiger partial charge is 0.242 e. The molecule has 1 atom stereocenters. The fourth-order valence-corrected chi connectivity index (χ4v) is 2.81. The van der Waals surface area contributed by atoms with Crippen molar-refractivity contribution in [2.75, 3.05) is 0 Å². The summed E-state index contributed by atoms with van der Waals surface area (Å²) in [5, 5.41) is 2.90. The van der Waals surface area contributed by atoms with Gasteiger partial charge in [-0.05, 0) is 38.3 Å². The highest BCUT2D eigenvalue weighted by molar-refractivity contribution is 5.87. The highest BCUT2D eigenvalue weighted by Gasteiger charge is 2.26. The first-order valence-electron chi connectivity index (χ1n) is 9.15. The lowest BCUT2D eigenvalue weighted by atomic mass is 10.1. The number of aryl methyl sites for hydroxylation is 1. The van der Waals surface area contributed by atoms with Crippen molar-refractivity contribution >= 4 is 11.8 Å². The molecular formula is C22H28N2O2. The monoisotopic (exact) mass is 352 g/mol. The minimum absolute atomic E-state index is 0.0101. The largest absolute Gasteiger partial charge is 0.352 e. The minimum Gasteiger partial charge on any atom is -0.352 e. The van der Waals surface area contributed by atoms with E-state index in [1.165, 1.54) is 0 Å². The van der Waals surface area contributed by atoms with Gasteiger partial charge in [0, 0.05) is 19.0 Å². The van der Waals surface area contributed by atoms with Crippen LogP contribution in [0.25, 0.3) is 0 Å². The Morgan fingerprint density at radius 1 is 0.885 bits per heavy atom. The molecule has 138 valence electrons. The molecule has 0 bridgehead atoms. The highest BCUT2D eigenvalue weighted by atomic mass is 16.2. The Labute approximate surface area is 156 Å². The number of rotatable bonds is 8. The number of hydrogen-bond donors (Lipinski definition) is 1. The summed E-state index contributed by atoms with van der Waals surface area (Å²) in [7, 11) is 0. The molecule has 0 fully saturated rings. The van der Waals surface area contributed by atoms with Crippen molar-refractivity contribution < 1.29 is 9.59 Å². The Bertz CT molecular complexity index is 699. The summed E-state index contributed by atoms with van der Waals surface area (Å²) in [4.78, 5) is 27.0. The molecule has 0 saturated carbocycles. The third-order valence-electron chi connectivity index (χ3n) is 4.26. The zero-order chi connectivity index (χ0) is 18.9. The molecule has 2 rings (SSSR count). The number of amides is 2. The van der Waals surface area contributed by atoms with E-state index in [0.29, 0.717) is 19.4 Å². The number of hydrogen-bond acceptors (Lipinski definition) is 2. The van der Waals surface area contributed by atoms with Gasteiger partial charge in [0.2, 0.25) is 11.8 Å². The second kappa shape index (κ2) is 9.76. The number of nitrogens with one attached hydrogen (secondary N) is 1. The van der Waals surface area contributed by atoms with Crippen molar-refractivity contribution in [1.82, 2.24) is 10.2 Å². The molecular weight excluding hydrogens is 324 g/mol. The van der Waals surface area contributed by atoms with Gasteiger partial charge in [-0.2, -0.15) is 0 Å². The van der Waals surface area contributed by atoms with E-state index in [4.69, 9.17) is 0 Å².